The average molecular weight is 410 g/mol. The molecule has 2 nitrogen and oxygen atoms in total. The van der Waals surface area contributed by atoms with Crippen LogP contribution in [-0.4, -0.2) is 4.98 Å². The van der Waals surface area contributed by atoms with Crippen LogP contribution in [-0.2, 0) is 0 Å². The van der Waals surface area contributed by atoms with Gasteiger partial charge in [-0.25, -0.2) is 4.98 Å². The van der Waals surface area contributed by atoms with E-state index < -0.39 is 0 Å². The molecule has 0 radical (unpaired) electrons. The van der Waals surface area contributed by atoms with Crippen LogP contribution in [0.1, 0.15) is 0 Å². The van der Waals surface area contributed by atoms with Crippen molar-refractivity contribution in [3.8, 4) is 21.8 Å². The molecule has 1 heterocycles. The van der Waals surface area contributed by atoms with Crippen LogP contribution in [0.3, 0.4) is 0 Å². The van der Waals surface area contributed by atoms with Gasteiger partial charge in [0.2, 0.25) is 0 Å². The van der Waals surface area contributed by atoms with Crippen LogP contribution >= 0.6 is 43.2 Å². The van der Waals surface area contributed by atoms with Gasteiger partial charge < -0.3 is 5.73 Å². The van der Waals surface area contributed by atoms with E-state index in [0.717, 1.165) is 35.8 Å². The average Bonchev–Trinajstić information content (AvgIpc) is 2.85. The van der Waals surface area contributed by atoms with Gasteiger partial charge in [-0.2, -0.15) is 0 Å². The van der Waals surface area contributed by atoms with E-state index in [9.17, 15) is 0 Å². The molecule has 0 spiro atoms. The van der Waals surface area contributed by atoms with Crippen molar-refractivity contribution in [3.63, 3.8) is 0 Å². The van der Waals surface area contributed by atoms with Crippen molar-refractivity contribution in [1.82, 2.24) is 4.98 Å². The van der Waals surface area contributed by atoms with Gasteiger partial charge in [0.1, 0.15) is 15.7 Å². The molecule has 0 aliphatic heterocycles. The minimum Gasteiger partial charge on any atom is -0.389 e. The fourth-order valence-electron chi connectivity index (χ4n) is 1.89. The predicted octanol–water partition coefficient (Wildman–Crippen LogP) is 5.58. The van der Waals surface area contributed by atoms with Crippen LogP contribution in [0.15, 0.2) is 57.5 Å². The van der Waals surface area contributed by atoms with E-state index in [1.54, 1.807) is 0 Å². The van der Waals surface area contributed by atoms with E-state index >= 15 is 0 Å². The number of halogens is 2. The number of nitrogen functional groups attached to an aromatic ring is 1. The summed E-state index contributed by atoms with van der Waals surface area (Å²) in [5.41, 5.74) is 9.06. The molecule has 0 bridgehead atoms. The van der Waals surface area contributed by atoms with Crippen molar-refractivity contribution >= 4 is 48.2 Å². The monoisotopic (exact) mass is 408 g/mol. The number of benzene rings is 2. The Morgan fingerprint density at radius 1 is 0.900 bits per heavy atom. The van der Waals surface area contributed by atoms with Gasteiger partial charge in [0, 0.05) is 20.1 Å². The van der Waals surface area contributed by atoms with Crippen LogP contribution in [0, 0.1) is 0 Å². The zero-order valence-electron chi connectivity index (χ0n) is 10.3. The predicted molar refractivity (Wildman–Crippen MR) is 92.8 cm³/mol. The molecule has 3 aromatic rings. The molecule has 0 aliphatic carbocycles. The van der Waals surface area contributed by atoms with E-state index in [2.05, 4.69) is 36.8 Å². The summed E-state index contributed by atoms with van der Waals surface area (Å²) < 4.78 is 2.00. The SMILES string of the molecule is Nc1sc(-c2ccccc2)nc1-c1ccc(Br)c(Br)c1. The molecular weight excluding hydrogens is 400 g/mol. The summed E-state index contributed by atoms with van der Waals surface area (Å²) in [4.78, 5) is 4.68. The number of hydrogen-bond donors (Lipinski definition) is 1. The van der Waals surface area contributed by atoms with Crippen molar-refractivity contribution in [2.75, 3.05) is 5.73 Å². The minimum absolute atomic E-state index is 0.734. The molecule has 0 atom stereocenters. The maximum atomic E-state index is 6.13. The summed E-state index contributed by atoms with van der Waals surface area (Å²) in [6.07, 6.45) is 0. The number of hydrogen-bond acceptors (Lipinski definition) is 3. The second kappa shape index (κ2) is 5.68. The van der Waals surface area contributed by atoms with Gasteiger partial charge in [-0.05, 0) is 44.0 Å². The lowest BCUT2D eigenvalue weighted by molar-refractivity contribution is 1.39. The first-order valence-electron chi connectivity index (χ1n) is 5.92. The molecule has 0 amide bonds. The standard InChI is InChI=1S/C15H10Br2N2S/c16-11-7-6-10(8-12(11)17)13-14(18)20-15(19-13)9-4-2-1-3-5-9/h1-8H,18H2. The van der Waals surface area contributed by atoms with E-state index in [1.165, 1.54) is 11.3 Å². The Hall–Kier alpha value is -1.17. The quantitative estimate of drug-likeness (QED) is 0.599. The second-order valence-corrected chi connectivity index (χ2v) is 6.97. The number of nitrogens with two attached hydrogens (primary N) is 1. The van der Waals surface area contributed by atoms with E-state index in [1.807, 2.05) is 48.5 Å². The molecular formula is C15H10Br2N2S. The molecule has 0 saturated carbocycles. The lowest BCUT2D eigenvalue weighted by Crippen LogP contribution is -1.86. The number of thiazole rings is 1. The molecule has 3 rings (SSSR count). The lowest BCUT2D eigenvalue weighted by Gasteiger charge is -2.01. The first kappa shape index (κ1) is 13.8. The molecule has 0 aliphatic rings. The second-order valence-electron chi connectivity index (χ2n) is 4.23. The highest BCUT2D eigenvalue weighted by molar-refractivity contribution is 9.13. The number of nitrogens with zero attached hydrogens (tertiary/aromatic N) is 1. The Morgan fingerprint density at radius 3 is 2.35 bits per heavy atom. The third-order valence-electron chi connectivity index (χ3n) is 2.87. The maximum Gasteiger partial charge on any atom is 0.126 e. The third-order valence-corrected chi connectivity index (χ3v) is 5.68. The van der Waals surface area contributed by atoms with Gasteiger partial charge in [0.05, 0.1) is 0 Å². The van der Waals surface area contributed by atoms with Crippen molar-refractivity contribution < 1.29 is 0 Å². The fourth-order valence-corrected chi connectivity index (χ4v) is 3.37. The molecule has 0 unspecified atom stereocenters. The highest BCUT2D eigenvalue weighted by atomic mass is 79.9. The van der Waals surface area contributed by atoms with Crippen LogP contribution < -0.4 is 5.73 Å². The molecule has 2 aromatic carbocycles. The van der Waals surface area contributed by atoms with Crippen molar-refractivity contribution in [2.24, 2.45) is 0 Å². The molecule has 20 heavy (non-hydrogen) atoms. The van der Waals surface area contributed by atoms with Gasteiger partial charge in [-0.1, -0.05) is 47.7 Å². The van der Waals surface area contributed by atoms with Crippen molar-refractivity contribution in [2.45, 2.75) is 0 Å². The first-order valence-corrected chi connectivity index (χ1v) is 8.32. The molecule has 0 fully saturated rings. The summed E-state index contributed by atoms with van der Waals surface area (Å²) in [5.74, 6) is 0. The largest absolute Gasteiger partial charge is 0.389 e. The van der Waals surface area contributed by atoms with Crippen molar-refractivity contribution in [3.05, 3.63) is 57.5 Å². The zero-order chi connectivity index (χ0) is 14.1. The number of anilines is 1. The van der Waals surface area contributed by atoms with Gasteiger partial charge in [0.25, 0.3) is 0 Å². The molecule has 5 heteroatoms. The Balaban J connectivity index is 2.07. The molecule has 2 N–H and O–H groups in total. The summed E-state index contributed by atoms with van der Waals surface area (Å²) in [6, 6.07) is 16.1. The van der Waals surface area contributed by atoms with Crippen LogP contribution in [0.5, 0.6) is 0 Å². The molecule has 100 valence electrons. The summed E-state index contributed by atoms with van der Waals surface area (Å²) in [6.45, 7) is 0. The lowest BCUT2D eigenvalue weighted by atomic mass is 10.1. The summed E-state index contributed by atoms with van der Waals surface area (Å²) in [5, 5.41) is 1.68. The van der Waals surface area contributed by atoms with Crippen molar-refractivity contribution in [1.29, 1.82) is 0 Å². The Labute approximate surface area is 137 Å². The highest BCUT2D eigenvalue weighted by Gasteiger charge is 2.12. The van der Waals surface area contributed by atoms with Gasteiger partial charge in [0.15, 0.2) is 0 Å². The highest BCUT2D eigenvalue weighted by Crippen LogP contribution is 2.37. The third kappa shape index (κ3) is 2.66. The molecule has 0 saturated heterocycles. The Kier molecular flexibility index (Phi) is 3.92. The number of aromatic nitrogens is 1. The Morgan fingerprint density at radius 2 is 1.65 bits per heavy atom. The summed E-state index contributed by atoms with van der Waals surface area (Å²) in [7, 11) is 0. The zero-order valence-corrected chi connectivity index (χ0v) is 14.3. The normalized spacial score (nSPS) is 10.7. The summed E-state index contributed by atoms with van der Waals surface area (Å²) >= 11 is 8.49. The minimum atomic E-state index is 0.734. The van der Waals surface area contributed by atoms with Crippen LogP contribution in [0.4, 0.5) is 5.00 Å². The first-order chi connectivity index (χ1) is 9.65. The van der Waals surface area contributed by atoms with Crippen LogP contribution in [0.2, 0.25) is 0 Å². The number of rotatable bonds is 2. The maximum absolute atomic E-state index is 6.13. The van der Waals surface area contributed by atoms with Crippen LogP contribution in [0.25, 0.3) is 21.8 Å². The smallest absolute Gasteiger partial charge is 0.126 e. The van der Waals surface area contributed by atoms with Gasteiger partial charge >= 0.3 is 0 Å². The van der Waals surface area contributed by atoms with E-state index in [0.29, 0.717) is 0 Å². The van der Waals surface area contributed by atoms with E-state index in [4.69, 9.17) is 5.73 Å². The molecule has 1 aromatic heterocycles. The van der Waals surface area contributed by atoms with E-state index in [-0.39, 0.29) is 0 Å². The fraction of sp³-hybridized carbons (Fsp3) is 0. The van der Waals surface area contributed by atoms with Gasteiger partial charge in [-0.15, -0.1) is 0 Å². The van der Waals surface area contributed by atoms with Gasteiger partial charge in [-0.3, -0.25) is 0 Å². The Bertz CT molecular complexity index is 754. The topological polar surface area (TPSA) is 38.9 Å².